The molecular weight excluding hydrogens is 644 g/mol. The Hall–Kier alpha value is -2.95. The standard InChI is InChI=1S/C25H19Br3N4O3/c1-13-3-6-20(18(28)9-13)30-23(33)22-12-15-11-17(27)5-8-21(15)32(22)31-25(35)24(34)29-19-7-4-16(26)10-14(19)2/h3-12H,1-2H3,(H,29,34)(H,30,33)(H,31,35). The average Bonchev–Trinajstić information content (AvgIpc) is 3.14. The first-order valence-corrected chi connectivity index (χ1v) is 12.8. The van der Waals surface area contributed by atoms with E-state index in [1.54, 1.807) is 36.4 Å². The summed E-state index contributed by atoms with van der Waals surface area (Å²) >= 11 is 10.3. The van der Waals surface area contributed by atoms with Crippen molar-refractivity contribution < 1.29 is 14.4 Å². The van der Waals surface area contributed by atoms with E-state index < -0.39 is 17.7 Å². The first-order chi connectivity index (χ1) is 16.6. The van der Waals surface area contributed by atoms with E-state index in [-0.39, 0.29) is 5.69 Å². The Labute approximate surface area is 226 Å². The van der Waals surface area contributed by atoms with Crippen molar-refractivity contribution >= 4 is 87.8 Å². The SMILES string of the molecule is Cc1ccc(NC(=O)c2cc3cc(Br)ccc3n2NC(=O)C(=O)Nc2ccc(Br)cc2C)c(Br)c1. The fourth-order valence-electron chi connectivity index (χ4n) is 3.48. The van der Waals surface area contributed by atoms with Gasteiger partial charge in [0.05, 0.1) is 11.2 Å². The van der Waals surface area contributed by atoms with Crippen molar-refractivity contribution in [2.45, 2.75) is 13.8 Å². The fraction of sp³-hybridized carbons (Fsp3) is 0.0800. The first-order valence-electron chi connectivity index (χ1n) is 10.4. The predicted octanol–water partition coefficient (Wildman–Crippen LogP) is 6.51. The molecule has 0 fully saturated rings. The minimum absolute atomic E-state index is 0.159. The molecule has 4 rings (SSSR count). The summed E-state index contributed by atoms with van der Waals surface area (Å²) in [5.74, 6) is -2.23. The Morgan fingerprint density at radius 3 is 2.14 bits per heavy atom. The van der Waals surface area contributed by atoms with Crippen LogP contribution in [0.25, 0.3) is 10.9 Å². The molecule has 7 nitrogen and oxygen atoms in total. The van der Waals surface area contributed by atoms with E-state index in [0.717, 1.165) is 24.5 Å². The Bertz CT molecular complexity index is 1500. The quantitative estimate of drug-likeness (QED) is 0.218. The number of rotatable bonds is 4. The van der Waals surface area contributed by atoms with E-state index in [0.29, 0.717) is 22.3 Å². The van der Waals surface area contributed by atoms with Gasteiger partial charge in [-0.1, -0.05) is 37.9 Å². The van der Waals surface area contributed by atoms with Crippen LogP contribution in [0.4, 0.5) is 11.4 Å². The number of aromatic nitrogens is 1. The number of nitrogens with one attached hydrogen (secondary N) is 3. The van der Waals surface area contributed by atoms with Gasteiger partial charge >= 0.3 is 11.8 Å². The maximum atomic E-state index is 13.2. The molecule has 178 valence electrons. The van der Waals surface area contributed by atoms with Crippen molar-refractivity contribution in [2.75, 3.05) is 16.1 Å². The normalized spacial score (nSPS) is 10.8. The Kier molecular flexibility index (Phi) is 7.44. The van der Waals surface area contributed by atoms with Gasteiger partial charge in [0.15, 0.2) is 0 Å². The van der Waals surface area contributed by atoms with Crippen LogP contribution >= 0.6 is 47.8 Å². The summed E-state index contributed by atoms with van der Waals surface area (Å²) in [6.45, 7) is 3.77. The van der Waals surface area contributed by atoms with E-state index in [4.69, 9.17) is 0 Å². The molecule has 3 amide bonds. The lowest BCUT2D eigenvalue weighted by molar-refractivity contribution is -0.133. The highest BCUT2D eigenvalue weighted by Gasteiger charge is 2.22. The Balaban J connectivity index is 1.64. The number of fused-ring (bicyclic) bond motifs is 1. The molecule has 1 aromatic heterocycles. The van der Waals surface area contributed by atoms with Crippen LogP contribution in [0.2, 0.25) is 0 Å². The van der Waals surface area contributed by atoms with E-state index >= 15 is 0 Å². The molecule has 0 saturated heterocycles. The molecule has 3 aromatic carbocycles. The van der Waals surface area contributed by atoms with Crippen molar-refractivity contribution in [1.29, 1.82) is 0 Å². The molecule has 1 heterocycles. The molecular formula is C25H19Br3N4O3. The van der Waals surface area contributed by atoms with Crippen LogP contribution in [0.5, 0.6) is 0 Å². The number of anilines is 2. The molecule has 0 bridgehead atoms. The highest BCUT2D eigenvalue weighted by atomic mass is 79.9. The lowest BCUT2D eigenvalue weighted by Crippen LogP contribution is -2.36. The summed E-state index contributed by atoms with van der Waals surface area (Å²) in [6, 6.07) is 17.8. The fourth-order valence-corrected chi connectivity index (χ4v) is 4.93. The zero-order chi connectivity index (χ0) is 25.3. The molecule has 3 N–H and O–H groups in total. The summed E-state index contributed by atoms with van der Waals surface area (Å²) in [5, 5.41) is 6.16. The maximum absolute atomic E-state index is 13.2. The van der Waals surface area contributed by atoms with E-state index in [9.17, 15) is 14.4 Å². The van der Waals surface area contributed by atoms with Crippen molar-refractivity contribution in [3.8, 4) is 0 Å². The highest BCUT2D eigenvalue weighted by molar-refractivity contribution is 9.11. The van der Waals surface area contributed by atoms with Crippen LogP contribution in [-0.4, -0.2) is 22.4 Å². The number of nitrogens with zero attached hydrogens (tertiary/aromatic N) is 1. The van der Waals surface area contributed by atoms with Gasteiger partial charge < -0.3 is 10.6 Å². The van der Waals surface area contributed by atoms with E-state index in [1.165, 1.54) is 4.68 Å². The number of aryl methyl sites for hydroxylation is 2. The molecule has 0 aliphatic rings. The summed E-state index contributed by atoms with van der Waals surface area (Å²) in [5.41, 5.74) is 6.19. The van der Waals surface area contributed by atoms with Gasteiger partial charge in [0, 0.05) is 24.5 Å². The summed E-state index contributed by atoms with van der Waals surface area (Å²) in [7, 11) is 0. The third-order valence-corrected chi connectivity index (χ3v) is 6.87. The van der Waals surface area contributed by atoms with Crippen molar-refractivity contribution in [3.05, 3.63) is 90.9 Å². The van der Waals surface area contributed by atoms with Crippen molar-refractivity contribution in [3.63, 3.8) is 0 Å². The van der Waals surface area contributed by atoms with Crippen LogP contribution in [0, 0.1) is 13.8 Å². The molecule has 0 aliphatic heterocycles. The van der Waals surface area contributed by atoms with Crippen LogP contribution in [-0.2, 0) is 9.59 Å². The second-order valence-corrected chi connectivity index (χ2v) is 10.5. The van der Waals surface area contributed by atoms with Gasteiger partial charge in [0.25, 0.3) is 5.91 Å². The molecule has 0 unspecified atom stereocenters. The highest BCUT2D eigenvalue weighted by Crippen LogP contribution is 2.27. The van der Waals surface area contributed by atoms with E-state index in [2.05, 4.69) is 63.8 Å². The van der Waals surface area contributed by atoms with Crippen LogP contribution in [0.1, 0.15) is 21.6 Å². The van der Waals surface area contributed by atoms with Crippen molar-refractivity contribution in [2.24, 2.45) is 0 Å². The average molecular weight is 663 g/mol. The van der Waals surface area contributed by atoms with Gasteiger partial charge in [-0.05, 0) is 95.5 Å². The lowest BCUT2D eigenvalue weighted by Gasteiger charge is -2.14. The number of carbonyl (C=O) groups is 3. The molecule has 4 aromatic rings. The number of hydrogen-bond donors (Lipinski definition) is 3. The van der Waals surface area contributed by atoms with Gasteiger partial charge in [-0.25, -0.2) is 4.68 Å². The zero-order valence-electron chi connectivity index (χ0n) is 18.6. The first kappa shape index (κ1) is 25.2. The molecule has 35 heavy (non-hydrogen) atoms. The minimum atomic E-state index is -0.918. The number of hydrogen-bond acceptors (Lipinski definition) is 3. The zero-order valence-corrected chi connectivity index (χ0v) is 23.3. The van der Waals surface area contributed by atoms with Gasteiger partial charge in [0.1, 0.15) is 5.69 Å². The summed E-state index contributed by atoms with van der Waals surface area (Å²) in [4.78, 5) is 38.7. The number of amides is 3. The Morgan fingerprint density at radius 1 is 0.743 bits per heavy atom. The monoisotopic (exact) mass is 660 g/mol. The van der Waals surface area contributed by atoms with Crippen molar-refractivity contribution in [1.82, 2.24) is 4.68 Å². The molecule has 0 saturated carbocycles. The molecule has 0 aliphatic carbocycles. The molecule has 0 spiro atoms. The maximum Gasteiger partial charge on any atom is 0.328 e. The molecule has 0 radical (unpaired) electrons. The molecule has 0 atom stereocenters. The summed E-state index contributed by atoms with van der Waals surface area (Å²) < 4.78 is 3.71. The minimum Gasteiger partial charge on any atom is -0.320 e. The lowest BCUT2D eigenvalue weighted by atomic mass is 10.2. The van der Waals surface area contributed by atoms with Gasteiger partial charge in [-0.2, -0.15) is 0 Å². The van der Waals surface area contributed by atoms with Gasteiger partial charge in [-0.3, -0.25) is 19.8 Å². The van der Waals surface area contributed by atoms with Gasteiger partial charge in [-0.15, -0.1) is 0 Å². The largest absolute Gasteiger partial charge is 0.328 e. The smallest absolute Gasteiger partial charge is 0.320 e. The van der Waals surface area contributed by atoms with Crippen LogP contribution < -0.4 is 16.1 Å². The van der Waals surface area contributed by atoms with Crippen LogP contribution in [0.3, 0.4) is 0 Å². The number of benzene rings is 3. The molecule has 10 heteroatoms. The second-order valence-electron chi connectivity index (χ2n) is 7.86. The summed E-state index contributed by atoms with van der Waals surface area (Å²) in [6.07, 6.45) is 0. The van der Waals surface area contributed by atoms with Crippen LogP contribution in [0.15, 0.2) is 74.1 Å². The predicted molar refractivity (Wildman–Crippen MR) is 148 cm³/mol. The second kappa shape index (κ2) is 10.3. The number of halogens is 3. The van der Waals surface area contributed by atoms with E-state index in [1.807, 2.05) is 38.1 Å². The van der Waals surface area contributed by atoms with Gasteiger partial charge in [0.2, 0.25) is 0 Å². The third kappa shape index (κ3) is 5.66. The Morgan fingerprint density at radius 2 is 1.43 bits per heavy atom. The number of carbonyl (C=O) groups excluding carboxylic acids is 3. The third-order valence-electron chi connectivity index (χ3n) is 5.23. The topological polar surface area (TPSA) is 92.2 Å².